The Morgan fingerprint density at radius 2 is 2.10 bits per heavy atom. The molecule has 1 aromatic carbocycles. The fraction of sp³-hybridized carbons (Fsp3) is 0.312. The van der Waals surface area contributed by atoms with Crippen molar-refractivity contribution in [3.63, 3.8) is 0 Å². The predicted molar refractivity (Wildman–Crippen MR) is 102 cm³/mol. The first-order valence-corrected chi connectivity index (χ1v) is 10.0. The van der Waals surface area contributed by atoms with Crippen molar-refractivity contribution >= 4 is 19.7 Å². The number of nitrogens with zero attached hydrogens (tertiary/aromatic N) is 1. The highest BCUT2D eigenvalue weighted by Crippen LogP contribution is 2.41. The summed E-state index contributed by atoms with van der Waals surface area (Å²) in [5.41, 5.74) is 9.73. The molecule has 14 heteroatoms. The molecule has 13 nitrogen and oxygen atoms in total. The fourth-order valence-electron chi connectivity index (χ4n) is 2.48. The number of carbonyl (C=O) groups is 2. The summed E-state index contributed by atoms with van der Waals surface area (Å²) in [7, 11) is -4.87. The van der Waals surface area contributed by atoms with Crippen LogP contribution in [0.1, 0.15) is 18.2 Å². The number of aliphatic carboxylic acids is 1. The quantitative estimate of drug-likeness (QED) is 0.167. The van der Waals surface area contributed by atoms with Gasteiger partial charge in [-0.25, -0.2) is 15.0 Å². The van der Waals surface area contributed by atoms with Gasteiger partial charge in [0, 0.05) is 24.7 Å². The van der Waals surface area contributed by atoms with E-state index in [0.717, 1.165) is 12.1 Å². The lowest BCUT2D eigenvalue weighted by Gasteiger charge is -2.27. The number of aromatic hydroxyl groups is 1. The standard InChI is InChI=1S/C16H22N5O8P/c1-16(15(24)25,21-20-14(23)11(17)5-10-7-18-8-19-10)6-9-2-3-13(12(22)4-9)29-30(26,27)28/h2-4,7-8,11,21-22H,5-6,17H2,1H3,(H,18,19)(H,20,23)(H,24,25)(H2,26,27,28)/t11-,16-/m0/s1. The maximum Gasteiger partial charge on any atom is 0.524 e. The third-order valence-corrected chi connectivity index (χ3v) is 4.50. The van der Waals surface area contributed by atoms with E-state index in [4.69, 9.17) is 15.5 Å². The highest BCUT2D eigenvalue weighted by molar-refractivity contribution is 7.46. The SMILES string of the molecule is C[C@@](Cc1ccc(OP(=O)(O)O)c(O)c1)(NNC(=O)[C@@H](N)Cc1cnc[nH]1)C(=O)O. The third-order valence-electron chi connectivity index (χ3n) is 4.06. The number of carbonyl (C=O) groups excluding carboxylic acids is 1. The van der Waals surface area contributed by atoms with Gasteiger partial charge in [0.25, 0.3) is 5.91 Å². The summed E-state index contributed by atoms with van der Waals surface area (Å²) < 4.78 is 15.2. The lowest BCUT2D eigenvalue weighted by Crippen LogP contribution is -2.60. The van der Waals surface area contributed by atoms with Gasteiger partial charge in [0.1, 0.15) is 5.54 Å². The average Bonchev–Trinajstić information content (AvgIpc) is 3.14. The first-order valence-electron chi connectivity index (χ1n) is 8.50. The number of phenols is 1. The Hall–Kier alpha value is -2.96. The zero-order valence-corrected chi connectivity index (χ0v) is 16.7. The van der Waals surface area contributed by atoms with Crippen LogP contribution in [0.4, 0.5) is 0 Å². The van der Waals surface area contributed by atoms with Crippen molar-refractivity contribution < 1.29 is 38.7 Å². The van der Waals surface area contributed by atoms with Crippen LogP contribution in [0.2, 0.25) is 0 Å². The van der Waals surface area contributed by atoms with Crippen molar-refractivity contribution in [3.8, 4) is 11.5 Å². The Morgan fingerprint density at radius 3 is 2.63 bits per heavy atom. The van der Waals surface area contributed by atoms with Gasteiger partial charge in [-0.05, 0) is 24.6 Å². The van der Waals surface area contributed by atoms with E-state index in [1.165, 1.54) is 25.5 Å². The molecule has 1 amide bonds. The highest BCUT2D eigenvalue weighted by Gasteiger charge is 2.34. The molecule has 0 aliphatic rings. The molecule has 1 heterocycles. The molecule has 0 spiro atoms. The van der Waals surface area contributed by atoms with Crippen LogP contribution in [-0.2, 0) is 27.0 Å². The second-order valence-corrected chi connectivity index (χ2v) is 7.86. The van der Waals surface area contributed by atoms with Gasteiger partial charge in [0.05, 0.1) is 12.4 Å². The van der Waals surface area contributed by atoms with Crippen molar-refractivity contribution in [1.29, 1.82) is 0 Å². The van der Waals surface area contributed by atoms with Gasteiger partial charge in [0.2, 0.25) is 0 Å². The van der Waals surface area contributed by atoms with E-state index in [1.807, 2.05) is 0 Å². The fourth-order valence-corrected chi connectivity index (χ4v) is 2.89. The molecule has 0 saturated carbocycles. The van der Waals surface area contributed by atoms with Crippen molar-refractivity contribution in [1.82, 2.24) is 20.8 Å². The number of nitrogens with two attached hydrogens (primary N) is 1. The van der Waals surface area contributed by atoms with E-state index in [1.54, 1.807) is 0 Å². The molecular weight excluding hydrogens is 421 g/mol. The summed E-state index contributed by atoms with van der Waals surface area (Å²) >= 11 is 0. The van der Waals surface area contributed by atoms with E-state index in [2.05, 4.69) is 25.3 Å². The Balaban J connectivity index is 2.05. The topological polar surface area (TPSA) is 220 Å². The molecule has 2 atom stereocenters. The number of hydrazine groups is 1. The Morgan fingerprint density at radius 1 is 1.40 bits per heavy atom. The molecule has 9 N–H and O–H groups in total. The molecule has 164 valence electrons. The van der Waals surface area contributed by atoms with Crippen molar-refractivity contribution in [2.24, 2.45) is 5.73 Å². The molecular formula is C16H22N5O8P. The number of carboxylic acids is 1. The number of carboxylic acid groups (broad SMARTS) is 1. The maximum atomic E-state index is 12.2. The first kappa shape index (κ1) is 23.3. The number of hydrogen-bond acceptors (Lipinski definition) is 8. The normalized spacial score (nSPS) is 14.5. The van der Waals surface area contributed by atoms with Crippen LogP contribution in [-0.4, -0.2) is 53.4 Å². The smallest absolute Gasteiger partial charge is 0.504 e. The van der Waals surface area contributed by atoms with Gasteiger partial charge in [-0.2, -0.15) is 0 Å². The molecule has 0 bridgehead atoms. The Kier molecular flexibility index (Phi) is 7.18. The molecule has 0 fully saturated rings. The number of H-pyrrole nitrogens is 1. The summed E-state index contributed by atoms with van der Waals surface area (Å²) in [6, 6.07) is 2.54. The molecule has 2 rings (SSSR count). The number of aromatic nitrogens is 2. The van der Waals surface area contributed by atoms with Gasteiger partial charge >= 0.3 is 13.8 Å². The molecule has 2 aromatic rings. The number of phosphoric ester groups is 1. The number of aromatic amines is 1. The number of benzene rings is 1. The molecule has 30 heavy (non-hydrogen) atoms. The minimum atomic E-state index is -4.87. The second-order valence-electron chi connectivity index (χ2n) is 6.70. The van der Waals surface area contributed by atoms with E-state index < -0.39 is 42.8 Å². The first-order chi connectivity index (χ1) is 13.9. The predicted octanol–water partition coefficient (Wildman–Crippen LogP) is -0.837. The summed E-state index contributed by atoms with van der Waals surface area (Å²) in [6.45, 7) is 1.30. The van der Waals surface area contributed by atoms with E-state index in [-0.39, 0.29) is 12.8 Å². The number of phenolic OH excluding ortho intramolecular Hbond substituents is 1. The van der Waals surface area contributed by atoms with E-state index in [0.29, 0.717) is 11.3 Å². The number of imidazole rings is 1. The van der Waals surface area contributed by atoms with Crippen LogP contribution < -0.4 is 21.1 Å². The van der Waals surface area contributed by atoms with Crippen LogP contribution in [0.5, 0.6) is 11.5 Å². The average molecular weight is 443 g/mol. The van der Waals surface area contributed by atoms with Gasteiger partial charge in [-0.3, -0.25) is 24.8 Å². The number of amides is 1. The zero-order chi connectivity index (χ0) is 22.5. The number of nitrogens with one attached hydrogen (secondary N) is 3. The van der Waals surface area contributed by atoms with Crippen molar-refractivity contribution in [2.75, 3.05) is 0 Å². The Bertz CT molecular complexity index is 947. The number of phosphoric acid groups is 1. The van der Waals surface area contributed by atoms with E-state index in [9.17, 15) is 24.4 Å². The van der Waals surface area contributed by atoms with Gasteiger partial charge in [-0.15, -0.1) is 0 Å². The van der Waals surface area contributed by atoms with Crippen LogP contribution >= 0.6 is 7.82 Å². The maximum absolute atomic E-state index is 12.2. The van der Waals surface area contributed by atoms with Crippen molar-refractivity contribution in [2.45, 2.75) is 31.3 Å². The summed E-state index contributed by atoms with van der Waals surface area (Å²) in [4.78, 5) is 48.1. The highest BCUT2D eigenvalue weighted by atomic mass is 31.2. The van der Waals surface area contributed by atoms with Crippen LogP contribution in [0.15, 0.2) is 30.7 Å². The van der Waals surface area contributed by atoms with Crippen LogP contribution in [0.25, 0.3) is 0 Å². The third kappa shape index (κ3) is 6.54. The minimum Gasteiger partial charge on any atom is -0.504 e. The molecule has 0 radical (unpaired) electrons. The molecule has 0 aliphatic heterocycles. The summed E-state index contributed by atoms with van der Waals surface area (Å²) in [5.74, 6) is -3.00. The molecule has 1 aromatic heterocycles. The zero-order valence-electron chi connectivity index (χ0n) is 15.8. The lowest BCUT2D eigenvalue weighted by molar-refractivity contribution is -0.145. The van der Waals surface area contributed by atoms with Gasteiger partial charge in [-0.1, -0.05) is 6.07 Å². The van der Waals surface area contributed by atoms with Gasteiger partial charge < -0.3 is 25.5 Å². The number of rotatable bonds is 10. The van der Waals surface area contributed by atoms with Crippen LogP contribution in [0, 0.1) is 0 Å². The van der Waals surface area contributed by atoms with Gasteiger partial charge in [0.15, 0.2) is 11.5 Å². The molecule has 0 aliphatic carbocycles. The Labute approximate surface area is 170 Å². The lowest BCUT2D eigenvalue weighted by atomic mass is 9.93. The monoisotopic (exact) mass is 443 g/mol. The van der Waals surface area contributed by atoms with E-state index >= 15 is 0 Å². The largest absolute Gasteiger partial charge is 0.524 e. The summed E-state index contributed by atoms with van der Waals surface area (Å²) in [5, 5.41) is 19.5. The summed E-state index contributed by atoms with van der Waals surface area (Å²) in [6.07, 6.45) is 2.90. The minimum absolute atomic E-state index is 0.159. The van der Waals surface area contributed by atoms with Crippen molar-refractivity contribution in [3.05, 3.63) is 42.0 Å². The van der Waals surface area contributed by atoms with Crippen LogP contribution in [0.3, 0.4) is 0 Å². The number of hydrogen-bond donors (Lipinski definition) is 8. The molecule has 0 unspecified atom stereocenters. The second kappa shape index (κ2) is 9.24. The molecule has 0 saturated heterocycles.